The highest BCUT2D eigenvalue weighted by atomic mass is 32.2. The van der Waals surface area contributed by atoms with E-state index in [9.17, 15) is 8.42 Å². The maximum atomic E-state index is 12.6. The number of rotatable bonds is 8. The second-order valence-electron chi connectivity index (χ2n) is 5.36. The van der Waals surface area contributed by atoms with Crippen molar-refractivity contribution in [3.63, 3.8) is 0 Å². The molecule has 21 heavy (non-hydrogen) atoms. The third-order valence-corrected chi connectivity index (χ3v) is 5.10. The fourth-order valence-corrected chi connectivity index (χ4v) is 3.99. The van der Waals surface area contributed by atoms with Crippen molar-refractivity contribution < 1.29 is 17.6 Å². The molecule has 0 saturated carbocycles. The minimum Gasteiger partial charge on any atom is -0.465 e. The summed E-state index contributed by atoms with van der Waals surface area (Å²) in [6, 6.07) is -0.296. The molecule has 7 heteroatoms. The van der Waals surface area contributed by atoms with Crippen LogP contribution in [0.1, 0.15) is 37.9 Å². The summed E-state index contributed by atoms with van der Waals surface area (Å²) in [4.78, 5) is 0.157. The molecule has 3 N–H and O–H groups in total. The van der Waals surface area contributed by atoms with E-state index in [2.05, 4.69) is 4.72 Å². The van der Waals surface area contributed by atoms with E-state index in [-0.39, 0.29) is 23.4 Å². The van der Waals surface area contributed by atoms with Crippen molar-refractivity contribution in [3.8, 4) is 0 Å². The molecule has 1 aromatic heterocycles. The lowest BCUT2D eigenvalue weighted by Gasteiger charge is -2.22. The molecule has 1 unspecified atom stereocenters. The summed E-state index contributed by atoms with van der Waals surface area (Å²) in [5.41, 5.74) is 6.18. The van der Waals surface area contributed by atoms with Crippen LogP contribution in [-0.4, -0.2) is 27.7 Å². The molecule has 0 aliphatic heterocycles. The van der Waals surface area contributed by atoms with E-state index in [1.54, 1.807) is 13.8 Å². The van der Waals surface area contributed by atoms with Gasteiger partial charge < -0.3 is 14.9 Å². The first-order chi connectivity index (χ1) is 9.74. The van der Waals surface area contributed by atoms with E-state index < -0.39 is 10.0 Å². The van der Waals surface area contributed by atoms with Crippen LogP contribution in [0.3, 0.4) is 0 Å². The van der Waals surface area contributed by atoms with Crippen LogP contribution in [0.4, 0.5) is 0 Å². The monoisotopic (exact) mass is 318 g/mol. The SMILES string of the molecule is CCOCC(NS(=O)(=O)c1c(C)oc(C)c1CN)C(C)C. The first-order valence-corrected chi connectivity index (χ1v) is 8.61. The Labute approximate surface area is 127 Å². The van der Waals surface area contributed by atoms with Gasteiger partial charge in [0, 0.05) is 24.8 Å². The number of aryl methyl sites for hydroxylation is 2. The zero-order chi connectivity index (χ0) is 16.2. The molecule has 0 aliphatic carbocycles. The Balaban J connectivity index is 3.10. The number of hydrogen-bond acceptors (Lipinski definition) is 5. The van der Waals surface area contributed by atoms with E-state index in [1.165, 1.54) is 0 Å². The van der Waals surface area contributed by atoms with Crippen LogP contribution < -0.4 is 10.5 Å². The molecule has 0 spiro atoms. The smallest absolute Gasteiger partial charge is 0.244 e. The van der Waals surface area contributed by atoms with Crippen molar-refractivity contribution in [2.75, 3.05) is 13.2 Å². The average Bonchev–Trinajstić information content (AvgIpc) is 2.68. The molecule has 1 aromatic rings. The van der Waals surface area contributed by atoms with Gasteiger partial charge in [-0.1, -0.05) is 13.8 Å². The minimum absolute atomic E-state index is 0.112. The van der Waals surface area contributed by atoms with Gasteiger partial charge in [-0.3, -0.25) is 0 Å². The predicted molar refractivity (Wildman–Crippen MR) is 81.5 cm³/mol. The Morgan fingerprint density at radius 3 is 2.38 bits per heavy atom. The summed E-state index contributed by atoms with van der Waals surface area (Å²) >= 11 is 0. The molecular weight excluding hydrogens is 292 g/mol. The summed E-state index contributed by atoms with van der Waals surface area (Å²) in [6.07, 6.45) is 0. The van der Waals surface area contributed by atoms with Gasteiger partial charge in [0.1, 0.15) is 16.4 Å². The minimum atomic E-state index is -3.69. The van der Waals surface area contributed by atoms with E-state index in [0.717, 1.165) is 0 Å². The zero-order valence-corrected chi connectivity index (χ0v) is 14.2. The molecule has 1 heterocycles. The van der Waals surface area contributed by atoms with E-state index in [1.807, 2.05) is 20.8 Å². The summed E-state index contributed by atoms with van der Waals surface area (Å²) in [5, 5.41) is 0. The van der Waals surface area contributed by atoms with Crippen molar-refractivity contribution >= 4 is 10.0 Å². The van der Waals surface area contributed by atoms with Crippen molar-refractivity contribution in [1.82, 2.24) is 4.72 Å². The maximum Gasteiger partial charge on any atom is 0.244 e. The highest BCUT2D eigenvalue weighted by Crippen LogP contribution is 2.26. The van der Waals surface area contributed by atoms with Crippen molar-refractivity contribution in [3.05, 3.63) is 17.1 Å². The molecule has 0 radical (unpaired) electrons. The number of nitrogens with one attached hydrogen (secondary N) is 1. The quantitative estimate of drug-likeness (QED) is 0.760. The van der Waals surface area contributed by atoms with E-state index in [4.69, 9.17) is 14.9 Å². The molecular formula is C14H26N2O4S. The van der Waals surface area contributed by atoms with Crippen LogP contribution in [0.2, 0.25) is 0 Å². The maximum absolute atomic E-state index is 12.6. The van der Waals surface area contributed by atoms with Gasteiger partial charge in [-0.25, -0.2) is 13.1 Å². The number of sulfonamides is 1. The van der Waals surface area contributed by atoms with Crippen molar-refractivity contribution in [2.24, 2.45) is 11.7 Å². The van der Waals surface area contributed by atoms with Crippen LogP contribution in [0, 0.1) is 19.8 Å². The fraction of sp³-hybridized carbons (Fsp3) is 0.714. The van der Waals surface area contributed by atoms with Crippen LogP contribution >= 0.6 is 0 Å². The molecule has 6 nitrogen and oxygen atoms in total. The highest BCUT2D eigenvalue weighted by Gasteiger charge is 2.29. The lowest BCUT2D eigenvalue weighted by molar-refractivity contribution is 0.116. The predicted octanol–water partition coefficient (Wildman–Crippen LogP) is 1.69. The topological polar surface area (TPSA) is 94.6 Å². The van der Waals surface area contributed by atoms with Gasteiger partial charge in [0.2, 0.25) is 10.0 Å². The summed E-state index contributed by atoms with van der Waals surface area (Å²) in [7, 11) is -3.69. The highest BCUT2D eigenvalue weighted by molar-refractivity contribution is 7.89. The lowest BCUT2D eigenvalue weighted by atomic mass is 10.1. The second-order valence-corrected chi connectivity index (χ2v) is 7.01. The first-order valence-electron chi connectivity index (χ1n) is 7.13. The Morgan fingerprint density at radius 1 is 1.29 bits per heavy atom. The summed E-state index contributed by atoms with van der Waals surface area (Å²) in [5.74, 6) is 1.02. The van der Waals surface area contributed by atoms with Crippen LogP contribution in [0.5, 0.6) is 0 Å². The molecule has 0 aliphatic rings. The van der Waals surface area contributed by atoms with Gasteiger partial charge >= 0.3 is 0 Å². The second kappa shape index (κ2) is 7.40. The number of ether oxygens (including phenoxy) is 1. The van der Waals surface area contributed by atoms with E-state index >= 15 is 0 Å². The Kier molecular flexibility index (Phi) is 6.40. The lowest BCUT2D eigenvalue weighted by Crippen LogP contribution is -2.42. The number of nitrogens with two attached hydrogens (primary N) is 1. The zero-order valence-electron chi connectivity index (χ0n) is 13.4. The van der Waals surface area contributed by atoms with Gasteiger partial charge in [0.15, 0.2) is 0 Å². The van der Waals surface area contributed by atoms with Gasteiger partial charge in [0.05, 0.1) is 6.61 Å². The van der Waals surface area contributed by atoms with Gasteiger partial charge in [-0.05, 0) is 26.7 Å². The van der Waals surface area contributed by atoms with Crippen LogP contribution in [0.15, 0.2) is 9.31 Å². The standard InChI is InChI=1S/C14H26N2O4S/c1-6-19-8-13(9(2)3)16-21(17,18)14-11(5)20-10(4)12(14)7-15/h9,13,16H,6-8,15H2,1-5H3. The Bertz CT molecular complexity index is 564. The molecule has 122 valence electrons. The Morgan fingerprint density at radius 2 is 1.90 bits per heavy atom. The molecule has 0 bridgehead atoms. The molecule has 0 saturated heterocycles. The van der Waals surface area contributed by atoms with E-state index in [0.29, 0.717) is 30.3 Å². The number of hydrogen-bond donors (Lipinski definition) is 2. The normalized spacial score (nSPS) is 13.9. The molecule has 0 amide bonds. The fourth-order valence-electron chi connectivity index (χ4n) is 2.16. The van der Waals surface area contributed by atoms with Gasteiger partial charge in [0.25, 0.3) is 0 Å². The number of furan rings is 1. The first kappa shape index (κ1) is 18.2. The van der Waals surface area contributed by atoms with Crippen LogP contribution in [-0.2, 0) is 21.3 Å². The molecule has 1 rings (SSSR count). The molecule has 0 fully saturated rings. The summed E-state index contributed by atoms with van der Waals surface area (Å²) < 4.78 is 38.8. The van der Waals surface area contributed by atoms with Crippen molar-refractivity contribution in [2.45, 2.75) is 52.1 Å². The average molecular weight is 318 g/mol. The van der Waals surface area contributed by atoms with Crippen LogP contribution in [0.25, 0.3) is 0 Å². The third kappa shape index (κ3) is 4.29. The van der Waals surface area contributed by atoms with Gasteiger partial charge in [-0.15, -0.1) is 0 Å². The molecule has 0 aromatic carbocycles. The summed E-state index contributed by atoms with van der Waals surface area (Å²) in [6.45, 7) is 10.1. The van der Waals surface area contributed by atoms with Gasteiger partial charge in [-0.2, -0.15) is 0 Å². The van der Waals surface area contributed by atoms with Crippen molar-refractivity contribution in [1.29, 1.82) is 0 Å². The Hall–Kier alpha value is -0.890. The largest absolute Gasteiger partial charge is 0.465 e. The molecule has 1 atom stereocenters. The third-order valence-electron chi connectivity index (χ3n) is 3.41.